The molecule has 0 radical (unpaired) electrons. The van der Waals surface area contributed by atoms with E-state index in [2.05, 4.69) is 21.2 Å². The van der Waals surface area contributed by atoms with Gasteiger partial charge >= 0.3 is 6.18 Å². The topological polar surface area (TPSA) is 78.7 Å². The Balaban J connectivity index is 1.97. The molecule has 0 saturated heterocycles. The van der Waals surface area contributed by atoms with Gasteiger partial charge in [-0.15, -0.1) is 6.42 Å². The number of nitrogens with one attached hydrogen (secondary N) is 1. The van der Waals surface area contributed by atoms with Gasteiger partial charge in [-0.05, 0) is 24.3 Å². The van der Waals surface area contributed by atoms with Crippen LogP contribution in [0.25, 0.3) is 11.3 Å². The Morgan fingerprint density at radius 3 is 2.47 bits per heavy atom. The Morgan fingerprint density at radius 1 is 1.12 bits per heavy atom. The fraction of sp³-hybridized carbons (Fsp3) is 0.0476. The highest BCUT2D eigenvalue weighted by atomic mass is 35.5. The molecular formula is C21H8ClF5N4O. The van der Waals surface area contributed by atoms with E-state index < -0.39 is 46.2 Å². The van der Waals surface area contributed by atoms with E-state index in [0.29, 0.717) is 6.07 Å². The van der Waals surface area contributed by atoms with Crippen molar-refractivity contribution in [1.82, 2.24) is 9.97 Å². The van der Waals surface area contributed by atoms with Crippen molar-refractivity contribution >= 4 is 23.2 Å². The standard InChI is InChI=1S/C21H8ClF5N4O/c1-2-10-3-11(23)8-30-19(10)14-5-16(22)13(6-17(14)24)20(32)31-12-4-15(21(25,26)27)18(7-28)29-9-12/h1,3-6,8-9H,(H,31,32). The lowest BCUT2D eigenvalue weighted by Gasteiger charge is -2.12. The molecule has 0 bridgehead atoms. The first-order chi connectivity index (χ1) is 15.0. The molecule has 3 rings (SSSR count). The summed E-state index contributed by atoms with van der Waals surface area (Å²) in [4.78, 5) is 19.6. The molecule has 0 atom stereocenters. The van der Waals surface area contributed by atoms with Gasteiger partial charge in [0.05, 0.1) is 45.5 Å². The minimum Gasteiger partial charge on any atom is -0.321 e. The number of hydrogen-bond donors (Lipinski definition) is 1. The van der Waals surface area contributed by atoms with Crippen LogP contribution in [0, 0.1) is 35.3 Å². The minimum absolute atomic E-state index is 0.0551. The maximum absolute atomic E-state index is 14.7. The van der Waals surface area contributed by atoms with E-state index in [-0.39, 0.29) is 21.8 Å². The summed E-state index contributed by atoms with van der Waals surface area (Å²) in [6, 6.07) is 4.56. The fourth-order valence-corrected chi connectivity index (χ4v) is 2.95. The smallest absolute Gasteiger partial charge is 0.321 e. The highest BCUT2D eigenvalue weighted by Gasteiger charge is 2.35. The van der Waals surface area contributed by atoms with Crippen molar-refractivity contribution in [1.29, 1.82) is 5.26 Å². The summed E-state index contributed by atoms with van der Waals surface area (Å²) >= 11 is 6.07. The first kappa shape index (κ1) is 22.7. The van der Waals surface area contributed by atoms with E-state index in [4.69, 9.17) is 23.3 Å². The number of benzene rings is 1. The van der Waals surface area contributed by atoms with Crippen LogP contribution in [0.4, 0.5) is 27.6 Å². The zero-order valence-electron chi connectivity index (χ0n) is 15.6. The predicted molar refractivity (Wildman–Crippen MR) is 104 cm³/mol. The lowest BCUT2D eigenvalue weighted by Crippen LogP contribution is -2.16. The highest BCUT2D eigenvalue weighted by molar-refractivity contribution is 6.34. The number of alkyl halides is 3. The van der Waals surface area contributed by atoms with Gasteiger partial charge in [-0.2, -0.15) is 18.4 Å². The van der Waals surface area contributed by atoms with Crippen LogP contribution in [0.2, 0.25) is 5.02 Å². The number of carbonyl (C=O) groups excluding carboxylic acids is 1. The molecule has 1 N–H and O–H groups in total. The monoisotopic (exact) mass is 462 g/mol. The number of pyridine rings is 2. The average molecular weight is 463 g/mol. The Labute approximate surface area is 182 Å². The van der Waals surface area contributed by atoms with Crippen molar-refractivity contribution in [3.8, 4) is 29.7 Å². The van der Waals surface area contributed by atoms with Crippen LogP contribution in [0.3, 0.4) is 0 Å². The number of nitrogens with zero attached hydrogens (tertiary/aromatic N) is 3. The van der Waals surface area contributed by atoms with Gasteiger partial charge in [0.25, 0.3) is 5.91 Å². The number of anilines is 1. The number of nitriles is 1. The van der Waals surface area contributed by atoms with Crippen molar-refractivity contribution in [3.63, 3.8) is 0 Å². The average Bonchev–Trinajstić information content (AvgIpc) is 2.74. The third-order valence-electron chi connectivity index (χ3n) is 4.12. The summed E-state index contributed by atoms with van der Waals surface area (Å²) in [6.45, 7) is 0. The van der Waals surface area contributed by atoms with Gasteiger partial charge in [0.15, 0.2) is 5.69 Å². The molecule has 0 unspecified atom stereocenters. The van der Waals surface area contributed by atoms with Crippen LogP contribution in [0.5, 0.6) is 0 Å². The lowest BCUT2D eigenvalue weighted by atomic mass is 10.0. The third-order valence-corrected chi connectivity index (χ3v) is 4.44. The van der Waals surface area contributed by atoms with E-state index in [1.54, 1.807) is 0 Å². The second-order valence-electron chi connectivity index (χ2n) is 6.19. The molecule has 1 amide bonds. The number of rotatable bonds is 3. The maximum Gasteiger partial charge on any atom is 0.419 e. The molecule has 5 nitrogen and oxygen atoms in total. The van der Waals surface area contributed by atoms with Crippen molar-refractivity contribution in [2.24, 2.45) is 0 Å². The first-order valence-corrected chi connectivity index (χ1v) is 8.83. The first-order valence-electron chi connectivity index (χ1n) is 8.45. The quantitative estimate of drug-likeness (QED) is 0.429. The summed E-state index contributed by atoms with van der Waals surface area (Å²) in [5.41, 5.74) is -3.38. The number of amides is 1. The highest BCUT2D eigenvalue weighted by Crippen LogP contribution is 2.33. The molecule has 0 aliphatic heterocycles. The molecule has 1 aromatic carbocycles. The Morgan fingerprint density at radius 2 is 1.84 bits per heavy atom. The number of carbonyl (C=O) groups is 1. The summed E-state index contributed by atoms with van der Waals surface area (Å²) < 4.78 is 67.2. The molecule has 2 aromatic heterocycles. The second-order valence-corrected chi connectivity index (χ2v) is 6.60. The Kier molecular flexibility index (Phi) is 6.10. The van der Waals surface area contributed by atoms with Crippen molar-refractivity contribution in [2.75, 3.05) is 5.32 Å². The van der Waals surface area contributed by atoms with Gasteiger partial charge in [-0.3, -0.25) is 9.78 Å². The third kappa shape index (κ3) is 4.51. The molecule has 0 spiro atoms. The van der Waals surface area contributed by atoms with Crippen molar-refractivity contribution in [2.45, 2.75) is 6.18 Å². The largest absolute Gasteiger partial charge is 0.419 e. The summed E-state index contributed by atoms with van der Waals surface area (Å²) in [5.74, 6) is -0.592. The number of terminal acetylenes is 1. The van der Waals surface area contributed by atoms with Gasteiger partial charge < -0.3 is 5.32 Å². The molecule has 3 aromatic rings. The van der Waals surface area contributed by atoms with Crippen LogP contribution in [0.15, 0.2) is 36.7 Å². The molecule has 0 fully saturated rings. The predicted octanol–water partition coefficient (Wildman–Crippen LogP) is 5.20. The van der Waals surface area contributed by atoms with E-state index in [1.165, 1.54) is 6.07 Å². The van der Waals surface area contributed by atoms with E-state index in [1.807, 2.05) is 0 Å². The number of aromatic nitrogens is 2. The minimum atomic E-state index is -4.89. The molecule has 0 aliphatic carbocycles. The molecule has 32 heavy (non-hydrogen) atoms. The molecule has 2 heterocycles. The molecule has 0 aliphatic rings. The summed E-state index contributed by atoms with van der Waals surface area (Å²) in [6.07, 6.45) is 2.06. The van der Waals surface area contributed by atoms with E-state index >= 15 is 0 Å². The zero-order chi connectivity index (χ0) is 23.6. The lowest BCUT2D eigenvalue weighted by molar-refractivity contribution is -0.138. The molecule has 11 heteroatoms. The molecular weight excluding hydrogens is 455 g/mol. The van der Waals surface area contributed by atoms with Gasteiger partial charge in [-0.1, -0.05) is 17.5 Å². The van der Waals surface area contributed by atoms with E-state index in [0.717, 1.165) is 30.6 Å². The normalized spacial score (nSPS) is 10.9. The number of hydrogen-bond acceptors (Lipinski definition) is 4. The van der Waals surface area contributed by atoms with Crippen LogP contribution >= 0.6 is 11.6 Å². The van der Waals surface area contributed by atoms with Crippen LogP contribution in [-0.2, 0) is 6.18 Å². The van der Waals surface area contributed by atoms with Gasteiger partial charge in [0.1, 0.15) is 17.7 Å². The van der Waals surface area contributed by atoms with Crippen LogP contribution < -0.4 is 5.32 Å². The second kappa shape index (κ2) is 8.61. The molecule has 0 saturated carbocycles. The van der Waals surface area contributed by atoms with Crippen LogP contribution in [0.1, 0.15) is 27.2 Å². The van der Waals surface area contributed by atoms with Crippen LogP contribution in [-0.4, -0.2) is 15.9 Å². The van der Waals surface area contributed by atoms with Crippen molar-refractivity contribution in [3.05, 3.63) is 75.7 Å². The van der Waals surface area contributed by atoms with Gasteiger partial charge in [-0.25, -0.2) is 13.8 Å². The summed E-state index contributed by atoms with van der Waals surface area (Å²) in [5, 5.41) is 10.6. The zero-order valence-corrected chi connectivity index (χ0v) is 16.3. The Bertz CT molecular complexity index is 1330. The Hall–Kier alpha value is -4.02. The van der Waals surface area contributed by atoms with Gasteiger partial charge in [0, 0.05) is 5.56 Å². The fourth-order valence-electron chi connectivity index (χ4n) is 2.70. The number of halogens is 6. The summed E-state index contributed by atoms with van der Waals surface area (Å²) in [7, 11) is 0. The van der Waals surface area contributed by atoms with Gasteiger partial charge in [0.2, 0.25) is 0 Å². The SMILES string of the molecule is C#Cc1cc(F)cnc1-c1cc(Cl)c(C(=O)Nc2cnc(C#N)c(C(F)(F)F)c2)cc1F. The van der Waals surface area contributed by atoms with Crippen molar-refractivity contribution < 1.29 is 26.7 Å². The van der Waals surface area contributed by atoms with E-state index in [9.17, 15) is 26.7 Å². The maximum atomic E-state index is 14.7. The molecule has 160 valence electrons.